The van der Waals surface area contributed by atoms with Gasteiger partial charge in [0, 0.05) is 30.9 Å². The number of aryl methyl sites for hydroxylation is 1. The zero-order valence-electron chi connectivity index (χ0n) is 11.9. The SMILES string of the molecule is CCCNC1CCCCC(c2nccn2CC)C1. The van der Waals surface area contributed by atoms with Crippen molar-refractivity contribution >= 4 is 0 Å². The first-order valence-corrected chi connectivity index (χ1v) is 7.59. The van der Waals surface area contributed by atoms with E-state index in [0.29, 0.717) is 12.0 Å². The fraction of sp³-hybridized carbons (Fsp3) is 0.800. The molecule has 0 radical (unpaired) electrons. The minimum Gasteiger partial charge on any atom is -0.335 e. The number of nitrogens with zero attached hydrogens (tertiary/aromatic N) is 2. The lowest BCUT2D eigenvalue weighted by Gasteiger charge is -2.21. The average Bonchev–Trinajstić information content (AvgIpc) is 2.75. The Morgan fingerprint density at radius 2 is 2.17 bits per heavy atom. The molecular weight excluding hydrogens is 222 g/mol. The molecule has 3 nitrogen and oxygen atoms in total. The van der Waals surface area contributed by atoms with Crippen molar-refractivity contribution in [1.82, 2.24) is 14.9 Å². The van der Waals surface area contributed by atoms with E-state index in [1.807, 2.05) is 6.20 Å². The maximum atomic E-state index is 4.60. The van der Waals surface area contributed by atoms with Gasteiger partial charge in [0.05, 0.1) is 0 Å². The predicted molar refractivity (Wildman–Crippen MR) is 75.8 cm³/mol. The summed E-state index contributed by atoms with van der Waals surface area (Å²) in [7, 11) is 0. The lowest BCUT2D eigenvalue weighted by Crippen LogP contribution is -2.30. The molecule has 0 aliphatic heterocycles. The normalized spacial score (nSPS) is 25.0. The van der Waals surface area contributed by atoms with Gasteiger partial charge < -0.3 is 9.88 Å². The molecule has 0 bridgehead atoms. The zero-order chi connectivity index (χ0) is 12.8. The van der Waals surface area contributed by atoms with E-state index in [0.717, 1.165) is 13.1 Å². The standard InChI is InChI=1S/C15H27N3/c1-3-9-16-14-8-6-5-7-13(12-14)15-17-10-11-18(15)4-2/h10-11,13-14,16H,3-9,12H2,1-2H3. The van der Waals surface area contributed by atoms with E-state index in [1.54, 1.807) is 0 Å². The molecule has 1 heterocycles. The van der Waals surface area contributed by atoms with Gasteiger partial charge in [-0.05, 0) is 39.2 Å². The van der Waals surface area contributed by atoms with E-state index in [1.165, 1.54) is 44.3 Å². The summed E-state index contributed by atoms with van der Waals surface area (Å²) in [5.74, 6) is 1.96. The van der Waals surface area contributed by atoms with Crippen molar-refractivity contribution in [2.45, 2.75) is 70.9 Å². The number of aromatic nitrogens is 2. The number of rotatable bonds is 5. The Morgan fingerprint density at radius 1 is 1.33 bits per heavy atom. The second-order valence-electron chi connectivity index (χ2n) is 5.44. The maximum absolute atomic E-state index is 4.60. The van der Waals surface area contributed by atoms with Crippen LogP contribution in [0.3, 0.4) is 0 Å². The fourth-order valence-corrected chi connectivity index (χ4v) is 3.08. The smallest absolute Gasteiger partial charge is 0.111 e. The van der Waals surface area contributed by atoms with Crippen LogP contribution in [0, 0.1) is 0 Å². The van der Waals surface area contributed by atoms with Crippen LogP contribution in [-0.4, -0.2) is 22.1 Å². The summed E-state index contributed by atoms with van der Waals surface area (Å²) in [5, 5.41) is 3.70. The van der Waals surface area contributed by atoms with Gasteiger partial charge in [0.15, 0.2) is 0 Å². The molecule has 0 spiro atoms. The van der Waals surface area contributed by atoms with E-state index in [9.17, 15) is 0 Å². The third-order valence-corrected chi connectivity index (χ3v) is 4.06. The fourth-order valence-electron chi connectivity index (χ4n) is 3.08. The Morgan fingerprint density at radius 3 is 2.94 bits per heavy atom. The first kappa shape index (κ1) is 13.6. The van der Waals surface area contributed by atoms with E-state index in [2.05, 4.69) is 34.9 Å². The second kappa shape index (κ2) is 6.93. The number of hydrogen-bond acceptors (Lipinski definition) is 2. The topological polar surface area (TPSA) is 29.9 Å². The Hall–Kier alpha value is -0.830. The summed E-state index contributed by atoms with van der Waals surface area (Å²) < 4.78 is 2.31. The molecule has 3 heteroatoms. The molecule has 0 saturated heterocycles. The summed E-state index contributed by atoms with van der Waals surface area (Å²) in [5.41, 5.74) is 0. The molecule has 0 amide bonds. The predicted octanol–water partition coefficient (Wildman–Crippen LogP) is 3.32. The van der Waals surface area contributed by atoms with Crippen LogP contribution in [0.25, 0.3) is 0 Å². The van der Waals surface area contributed by atoms with Crippen molar-refractivity contribution in [2.75, 3.05) is 6.54 Å². The van der Waals surface area contributed by atoms with Crippen molar-refractivity contribution in [3.05, 3.63) is 18.2 Å². The van der Waals surface area contributed by atoms with Gasteiger partial charge in [-0.15, -0.1) is 0 Å². The van der Waals surface area contributed by atoms with E-state index < -0.39 is 0 Å². The molecule has 0 aromatic carbocycles. The summed E-state index contributed by atoms with van der Waals surface area (Å²) in [6, 6.07) is 0.694. The van der Waals surface area contributed by atoms with Crippen LogP contribution in [0.1, 0.15) is 64.1 Å². The number of hydrogen-bond donors (Lipinski definition) is 1. The molecule has 1 aliphatic carbocycles. The van der Waals surface area contributed by atoms with Gasteiger partial charge in [0.1, 0.15) is 5.82 Å². The Labute approximate surface area is 111 Å². The van der Waals surface area contributed by atoms with Crippen LogP contribution in [0.15, 0.2) is 12.4 Å². The van der Waals surface area contributed by atoms with Gasteiger partial charge in [0.2, 0.25) is 0 Å². The quantitative estimate of drug-likeness (QED) is 0.811. The minimum absolute atomic E-state index is 0.650. The Bertz CT molecular complexity index is 345. The van der Waals surface area contributed by atoms with Crippen molar-refractivity contribution in [2.24, 2.45) is 0 Å². The summed E-state index contributed by atoms with van der Waals surface area (Å²) in [4.78, 5) is 4.60. The molecule has 1 aromatic rings. The Balaban J connectivity index is 2.02. The second-order valence-corrected chi connectivity index (χ2v) is 5.44. The molecular formula is C15H27N3. The highest BCUT2D eigenvalue weighted by atomic mass is 15.1. The van der Waals surface area contributed by atoms with Gasteiger partial charge in [0.25, 0.3) is 0 Å². The molecule has 102 valence electrons. The van der Waals surface area contributed by atoms with Crippen LogP contribution in [0.4, 0.5) is 0 Å². The van der Waals surface area contributed by atoms with Gasteiger partial charge in [-0.1, -0.05) is 19.8 Å². The number of nitrogens with one attached hydrogen (secondary N) is 1. The lowest BCUT2D eigenvalue weighted by atomic mass is 9.97. The van der Waals surface area contributed by atoms with Crippen LogP contribution < -0.4 is 5.32 Å². The van der Waals surface area contributed by atoms with Crippen molar-refractivity contribution in [3.8, 4) is 0 Å². The zero-order valence-corrected chi connectivity index (χ0v) is 11.9. The van der Waals surface area contributed by atoms with Gasteiger partial charge in [-0.2, -0.15) is 0 Å². The van der Waals surface area contributed by atoms with Gasteiger partial charge in [-0.3, -0.25) is 0 Å². The molecule has 1 aliphatic rings. The highest BCUT2D eigenvalue weighted by Crippen LogP contribution is 2.30. The first-order chi connectivity index (χ1) is 8.85. The monoisotopic (exact) mass is 249 g/mol. The van der Waals surface area contributed by atoms with Crippen LogP contribution in [-0.2, 0) is 6.54 Å². The third kappa shape index (κ3) is 3.35. The molecule has 1 saturated carbocycles. The van der Waals surface area contributed by atoms with Crippen LogP contribution >= 0.6 is 0 Å². The van der Waals surface area contributed by atoms with Gasteiger partial charge >= 0.3 is 0 Å². The Kier molecular flexibility index (Phi) is 5.24. The largest absolute Gasteiger partial charge is 0.335 e. The molecule has 2 rings (SSSR count). The van der Waals surface area contributed by atoms with Crippen LogP contribution in [0.2, 0.25) is 0 Å². The molecule has 2 unspecified atom stereocenters. The van der Waals surface area contributed by atoms with Crippen LogP contribution in [0.5, 0.6) is 0 Å². The molecule has 1 N–H and O–H groups in total. The molecule has 1 fully saturated rings. The number of imidazole rings is 1. The summed E-state index contributed by atoms with van der Waals surface area (Å²) in [6.45, 7) is 6.64. The maximum Gasteiger partial charge on any atom is 0.111 e. The summed E-state index contributed by atoms with van der Waals surface area (Å²) in [6.07, 6.45) is 11.9. The lowest BCUT2D eigenvalue weighted by molar-refractivity contribution is 0.426. The van der Waals surface area contributed by atoms with E-state index in [-0.39, 0.29) is 0 Å². The van der Waals surface area contributed by atoms with Gasteiger partial charge in [-0.25, -0.2) is 4.98 Å². The van der Waals surface area contributed by atoms with E-state index >= 15 is 0 Å². The van der Waals surface area contributed by atoms with Crippen molar-refractivity contribution in [3.63, 3.8) is 0 Å². The highest BCUT2D eigenvalue weighted by Gasteiger charge is 2.23. The molecule has 2 atom stereocenters. The minimum atomic E-state index is 0.650. The molecule has 1 aromatic heterocycles. The van der Waals surface area contributed by atoms with Crippen molar-refractivity contribution in [1.29, 1.82) is 0 Å². The van der Waals surface area contributed by atoms with E-state index in [4.69, 9.17) is 0 Å². The third-order valence-electron chi connectivity index (χ3n) is 4.06. The summed E-state index contributed by atoms with van der Waals surface area (Å²) >= 11 is 0. The molecule has 18 heavy (non-hydrogen) atoms. The van der Waals surface area contributed by atoms with Crippen molar-refractivity contribution < 1.29 is 0 Å². The first-order valence-electron chi connectivity index (χ1n) is 7.59. The highest BCUT2D eigenvalue weighted by molar-refractivity contribution is 5.02. The average molecular weight is 249 g/mol.